The first kappa shape index (κ1) is 21.2. The van der Waals surface area contributed by atoms with Crippen molar-refractivity contribution in [2.24, 2.45) is 0 Å². The molecule has 2 unspecified atom stereocenters. The van der Waals surface area contributed by atoms with Gasteiger partial charge in [0, 0.05) is 20.1 Å². The summed E-state index contributed by atoms with van der Waals surface area (Å²) in [7, 11) is -1.66. The highest BCUT2D eigenvalue weighted by Crippen LogP contribution is 2.44. The van der Waals surface area contributed by atoms with E-state index in [-0.39, 0.29) is 28.1 Å². The van der Waals surface area contributed by atoms with Crippen LogP contribution in [0.5, 0.6) is 0 Å². The molecule has 1 aromatic carbocycles. The Hall–Kier alpha value is -1.12. The SMILES string of the molecule is CCCS(=O)(=O)N(C)CCCN1C(=O)C(CC)SC1c1cccc(F)c1. The highest BCUT2D eigenvalue weighted by molar-refractivity contribution is 8.01. The van der Waals surface area contributed by atoms with Crippen LogP contribution in [0.4, 0.5) is 4.39 Å². The minimum Gasteiger partial charge on any atom is -0.326 e. The number of sulfonamides is 1. The molecule has 0 aliphatic carbocycles. The van der Waals surface area contributed by atoms with Gasteiger partial charge >= 0.3 is 0 Å². The van der Waals surface area contributed by atoms with E-state index in [1.807, 2.05) is 19.9 Å². The minimum atomic E-state index is -3.23. The van der Waals surface area contributed by atoms with Gasteiger partial charge in [0.1, 0.15) is 11.2 Å². The van der Waals surface area contributed by atoms with Crippen LogP contribution in [-0.2, 0) is 14.8 Å². The standard InChI is InChI=1S/C18H27FN2O3S2/c1-4-12-26(23,24)20(3)10-7-11-21-17(22)16(5-2)25-18(21)14-8-6-9-15(19)13-14/h6,8-9,13,16,18H,4-5,7,10-12H2,1-3H3. The Morgan fingerprint density at radius 2 is 2.04 bits per heavy atom. The van der Waals surface area contributed by atoms with Gasteiger partial charge in [-0.3, -0.25) is 4.79 Å². The van der Waals surface area contributed by atoms with Crippen molar-refractivity contribution in [2.45, 2.75) is 43.7 Å². The molecule has 1 aliphatic heterocycles. The highest BCUT2D eigenvalue weighted by Gasteiger charge is 2.39. The normalized spacial score (nSPS) is 21.0. The molecule has 0 N–H and O–H groups in total. The summed E-state index contributed by atoms with van der Waals surface area (Å²) in [5.74, 6) is -0.141. The average molecular weight is 403 g/mol. The van der Waals surface area contributed by atoms with Crippen molar-refractivity contribution in [3.8, 4) is 0 Å². The molecule has 2 atom stereocenters. The quantitative estimate of drug-likeness (QED) is 0.636. The Kier molecular flexibility index (Phi) is 7.49. The highest BCUT2D eigenvalue weighted by atomic mass is 32.2. The van der Waals surface area contributed by atoms with E-state index in [2.05, 4.69) is 0 Å². The summed E-state index contributed by atoms with van der Waals surface area (Å²) in [5, 5.41) is -0.356. The third-order valence-electron chi connectivity index (χ3n) is 4.45. The molecule has 26 heavy (non-hydrogen) atoms. The third-order valence-corrected chi connectivity index (χ3v) is 8.15. The van der Waals surface area contributed by atoms with E-state index in [1.165, 1.54) is 28.2 Å². The molecule has 1 aromatic rings. The fraction of sp³-hybridized carbons (Fsp3) is 0.611. The number of rotatable bonds is 9. The monoisotopic (exact) mass is 402 g/mol. The smallest absolute Gasteiger partial charge is 0.236 e. The first-order valence-corrected chi connectivity index (χ1v) is 11.5. The maximum atomic E-state index is 13.6. The van der Waals surface area contributed by atoms with Crippen molar-refractivity contribution >= 4 is 27.7 Å². The van der Waals surface area contributed by atoms with Crippen molar-refractivity contribution in [3.05, 3.63) is 35.6 Å². The van der Waals surface area contributed by atoms with Crippen LogP contribution in [0, 0.1) is 5.82 Å². The molecule has 0 saturated carbocycles. The molecule has 5 nitrogen and oxygen atoms in total. The molecule has 1 amide bonds. The molecular formula is C18H27FN2O3S2. The zero-order valence-corrected chi connectivity index (χ0v) is 17.2. The molecule has 8 heteroatoms. The van der Waals surface area contributed by atoms with Gasteiger partial charge < -0.3 is 4.90 Å². The molecule has 1 saturated heterocycles. The van der Waals surface area contributed by atoms with Crippen molar-refractivity contribution in [1.82, 2.24) is 9.21 Å². The Morgan fingerprint density at radius 3 is 2.65 bits per heavy atom. The Labute approximate surface area is 160 Å². The van der Waals surface area contributed by atoms with Gasteiger partial charge in [0.05, 0.1) is 11.0 Å². The van der Waals surface area contributed by atoms with E-state index in [0.717, 1.165) is 12.0 Å². The maximum Gasteiger partial charge on any atom is 0.236 e. The van der Waals surface area contributed by atoms with Gasteiger partial charge in [0.2, 0.25) is 15.9 Å². The van der Waals surface area contributed by atoms with Crippen LogP contribution in [0.1, 0.15) is 44.0 Å². The fourth-order valence-electron chi connectivity index (χ4n) is 3.02. The van der Waals surface area contributed by atoms with Gasteiger partial charge in [-0.05, 0) is 37.0 Å². The van der Waals surface area contributed by atoms with Crippen LogP contribution in [-0.4, -0.2) is 54.7 Å². The van der Waals surface area contributed by atoms with E-state index in [4.69, 9.17) is 0 Å². The Morgan fingerprint density at radius 1 is 1.31 bits per heavy atom. The predicted molar refractivity (Wildman–Crippen MR) is 104 cm³/mol. The van der Waals surface area contributed by atoms with E-state index < -0.39 is 10.0 Å². The second kappa shape index (κ2) is 9.19. The van der Waals surface area contributed by atoms with Crippen molar-refractivity contribution < 1.29 is 17.6 Å². The average Bonchev–Trinajstić information content (AvgIpc) is 2.91. The Balaban J connectivity index is 2.06. The van der Waals surface area contributed by atoms with Crippen LogP contribution in [0.2, 0.25) is 0 Å². The summed E-state index contributed by atoms with van der Waals surface area (Å²) < 4.78 is 39.0. The molecule has 0 bridgehead atoms. The molecule has 146 valence electrons. The number of hydrogen-bond donors (Lipinski definition) is 0. The van der Waals surface area contributed by atoms with E-state index in [1.54, 1.807) is 18.0 Å². The molecule has 1 fully saturated rings. The number of benzene rings is 1. The second-order valence-electron chi connectivity index (χ2n) is 6.46. The topological polar surface area (TPSA) is 57.7 Å². The first-order valence-electron chi connectivity index (χ1n) is 8.95. The number of thioether (sulfide) groups is 1. The molecule has 0 radical (unpaired) electrons. The van der Waals surface area contributed by atoms with Crippen LogP contribution in [0.15, 0.2) is 24.3 Å². The van der Waals surface area contributed by atoms with Crippen molar-refractivity contribution in [3.63, 3.8) is 0 Å². The summed E-state index contributed by atoms with van der Waals surface area (Å²) in [4.78, 5) is 14.4. The van der Waals surface area contributed by atoms with Gasteiger partial charge in [0.25, 0.3) is 0 Å². The third kappa shape index (κ3) is 4.98. The predicted octanol–water partition coefficient (Wildman–Crippen LogP) is 3.24. The molecule has 0 aromatic heterocycles. The largest absolute Gasteiger partial charge is 0.326 e. The van der Waals surface area contributed by atoms with Crippen LogP contribution in [0.25, 0.3) is 0 Å². The number of nitrogens with zero attached hydrogens (tertiary/aromatic N) is 2. The summed E-state index contributed by atoms with van der Waals surface area (Å²) >= 11 is 1.54. The molecule has 1 aliphatic rings. The molecule has 2 rings (SSSR count). The summed E-state index contributed by atoms with van der Waals surface area (Å²) in [6.45, 7) is 4.62. The number of carbonyl (C=O) groups is 1. The summed E-state index contributed by atoms with van der Waals surface area (Å²) in [6.07, 6.45) is 1.85. The molecule has 0 spiro atoms. The summed E-state index contributed by atoms with van der Waals surface area (Å²) in [6, 6.07) is 6.34. The van der Waals surface area contributed by atoms with E-state index in [0.29, 0.717) is 25.9 Å². The number of amides is 1. The van der Waals surface area contributed by atoms with Gasteiger partial charge in [0.15, 0.2) is 0 Å². The fourth-order valence-corrected chi connectivity index (χ4v) is 5.67. The Bertz CT molecular complexity index is 727. The number of halogens is 1. The minimum absolute atomic E-state index is 0.0471. The lowest BCUT2D eigenvalue weighted by atomic mass is 10.2. The van der Waals surface area contributed by atoms with E-state index in [9.17, 15) is 17.6 Å². The zero-order valence-electron chi connectivity index (χ0n) is 15.5. The van der Waals surface area contributed by atoms with Crippen LogP contribution >= 0.6 is 11.8 Å². The molecular weight excluding hydrogens is 375 g/mol. The van der Waals surface area contributed by atoms with Crippen molar-refractivity contribution in [2.75, 3.05) is 25.9 Å². The second-order valence-corrected chi connectivity index (χ2v) is 9.95. The number of hydrogen-bond acceptors (Lipinski definition) is 4. The first-order chi connectivity index (χ1) is 12.3. The maximum absolute atomic E-state index is 13.6. The van der Waals surface area contributed by atoms with Gasteiger partial charge in [-0.15, -0.1) is 11.8 Å². The van der Waals surface area contributed by atoms with Crippen LogP contribution in [0.3, 0.4) is 0 Å². The lowest BCUT2D eigenvalue weighted by Crippen LogP contribution is -2.35. The van der Waals surface area contributed by atoms with E-state index >= 15 is 0 Å². The zero-order chi connectivity index (χ0) is 19.3. The molecule has 1 heterocycles. The van der Waals surface area contributed by atoms with Crippen LogP contribution < -0.4 is 0 Å². The van der Waals surface area contributed by atoms with Gasteiger partial charge in [-0.2, -0.15) is 0 Å². The number of carbonyl (C=O) groups excluding carboxylic acids is 1. The van der Waals surface area contributed by atoms with Crippen molar-refractivity contribution in [1.29, 1.82) is 0 Å². The van der Waals surface area contributed by atoms with Gasteiger partial charge in [-0.1, -0.05) is 26.0 Å². The van der Waals surface area contributed by atoms with Gasteiger partial charge in [-0.25, -0.2) is 17.1 Å². The lowest BCUT2D eigenvalue weighted by molar-refractivity contribution is -0.130. The summed E-state index contributed by atoms with van der Waals surface area (Å²) in [5.41, 5.74) is 0.770. The lowest BCUT2D eigenvalue weighted by Gasteiger charge is -2.25.